The molecule has 0 aliphatic heterocycles. The molecule has 0 heterocycles. The number of hydrogen-bond donors (Lipinski definition) is 0. The highest BCUT2D eigenvalue weighted by Crippen LogP contribution is 2.33. The predicted molar refractivity (Wildman–Crippen MR) is 93.9 cm³/mol. The van der Waals surface area contributed by atoms with Gasteiger partial charge >= 0.3 is 0 Å². The first-order chi connectivity index (χ1) is 10.0. The molecule has 2 rings (SSSR count). The van der Waals surface area contributed by atoms with E-state index in [1.165, 1.54) is 15.4 Å². The molecule has 112 valence electrons. The van der Waals surface area contributed by atoms with Crippen LogP contribution in [0.25, 0.3) is 0 Å². The molecule has 0 fully saturated rings. The lowest BCUT2D eigenvalue weighted by Crippen LogP contribution is -2.13. The predicted octanol–water partition coefficient (Wildman–Crippen LogP) is 5.64. The normalized spacial score (nSPS) is 11.1. The highest BCUT2D eigenvalue weighted by atomic mass is 35.5. The van der Waals surface area contributed by atoms with Crippen LogP contribution in [0.5, 0.6) is 0 Å². The average molecular weight is 340 g/mol. The van der Waals surface area contributed by atoms with Crippen LogP contribution in [-0.2, 0) is 6.42 Å². The van der Waals surface area contributed by atoms with E-state index in [1.54, 1.807) is 11.8 Å². The molecule has 0 bridgehead atoms. The fourth-order valence-corrected chi connectivity index (χ4v) is 3.33. The first-order valence-electron chi connectivity index (χ1n) is 6.91. The molecular formula is C17H19Cl2NS. The van der Waals surface area contributed by atoms with Crippen LogP contribution in [0.2, 0.25) is 10.0 Å². The van der Waals surface area contributed by atoms with Gasteiger partial charge in [0.1, 0.15) is 0 Å². The Balaban J connectivity index is 2.12. The van der Waals surface area contributed by atoms with Gasteiger partial charge in [-0.05, 0) is 81.5 Å². The standard InChI is InChI=1S/C17H19Cl2NS/c1-20(2)11-3-4-13-12-15(19)7-10-17(13)21-16-8-5-14(18)6-9-16/h5-10,12H,3-4,11H2,1-2H3. The topological polar surface area (TPSA) is 3.24 Å². The summed E-state index contributed by atoms with van der Waals surface area (Å²) in [5.41, 5.74) is 1.31. The van der Waals surface area contributed by atoms with E-state index >= 15 is 0 Å². The van der Waals surface area contributed by atoms with Crippen molar-refractivity contribution in [2.75, 3.05) is 20.6 Å². The molecule has 4 heteroatoms. The maximum absolute atomic E-state index is 6.14. The van der Waals surface area contributed by atoms with Crippen molar-refractivity contribution in [2.45, 2.75) is 22.6 Å². The molecule has 0 atom stereocenters. The zero-order valence-corrected chi connectivity index (χ0v) is 14.6. The first kappa shape index (κ1) is 16.7. The van der Waals surface area contributed by atoms with Crippen molar-refractivity contribution < 1.29 is 0 Å². The molecule has 21 heavy (non-hydrogen) atoms. The Bertz CT molecular complexity index is 582. The van der Waals surface area contributed by atoms with Crippen molar-refractivity contribution in [1.82, 2.24) is 4.90 Å². The summed E-state index contributed by atoms with van der Waals surface area (Å²) in [7, 11) is 4.20. The molecule has 0 spiro atoms. The van der Waals surface area contributed by atoms with E-state index < -0.39 is 0 Å². The Morgan fingerprint density at radius 3 is 2.29 bits per heavy atom. The molecule has 1 nitrogen and oxygen atoms in total. The van der Waals surface area contributed by atoms with Gasteiger partial charge in [0.05, 0.1) is 0 Å². The summed E-state index contributed by atoms with van der Waals surface area (Å²) in [6, 6.07) is 14.1. The van der Waals surface area contributed by atoms with E-state index in [2.05, 4.69) is 31.1 Å². The van der Waals surface area contributed by atoms with Crippen LogP contribution in [0.15, 0.2) is 52.3 Å². The second-order valence-electron chi connectivity index (χ2n) is 5.21. The summed E-state index contributed by atoms with van der Waals surface area (Å²) in [4.78, 5) is 4.66. The lowest BCUT2D eigenvalue weighted by molar-refractivity contribution is 0.400. The minimum Gasteiger partial charge on any atom is -0.309 e. The molecule has 0 aromatic heterocycles. The van der Waals surface area contributed by atoms with Gasteiger partial charge in [0, 0.05) is 19.8 Å². The van der Waals surface area contributed by atoms with Gasteiger partial charge in [-0.1, -0.05) is 35.0 Å². The van der Waals surface area contributed by atoms with E-state index in [0.717, 1.165) is 29.4 Å². The average Bonchev–Trinajstić information content (AvgIpc) is 2.43. The molecule has 0 aliphatic rings. The Morgan fingerprint density at radius 1 is 0.952 bits per heavy atom. The number of rotatable bonds is 6. The van der Waals surface area contributed by atoms with Gasteiger partial charge in [0.25, 0.3) is 0 Å². The molecule has 0 saturated heterocycles. The van der Waals surface area contributed by atoms with Crippen LogP contribution < -0.4 is 0 Å². The SMILES string of the molecule is CN(C)CCCc1cc(Cl)ccc1Sc1ccc(Cl)cc1. The third kappa shape index (κ3) is 5.55. The van der Waals surface area contributed by atoms with Crippen LogP contribution in [0.1, 0.15) is 12.0 Å². The Labute approximate surface area is 141 Å². The number of aryl methyl sites for hydroxylation is 1. The summed E-state index contributed by atoms with van der Waals surface area (Å²) in [6.45, 7) is 1.08. The van der Waals surface area contributed by atoms with Crippen molar-refractivity contribution in [1.29, 1.82) is 0 Å². The zero-order chi connectivity index (χ0) is 15.2. The third-order valence-corrected chi connectivity index (χ3v) is 4.73. The summed E-state index contributed by atoms with van der Waals surface area (Å²) < 4.78 is 0. The van der Waals surface area contributed by atoms with Crippen LogP contribution in [0.4, 0.5) is 0 Å². The monoisotopic (exact) mass is 339 g/mol. The Kier molecular flexibility index (Phi) is 6.43. The first-order valence-corrected chi connectivity index (χ1v) is 8.48. The second kappa shape index (κ2) is 8.09. The fraction of sp³-hybridized carbons (Fsp3) is 0.294. The maximum atomic E-state index is 6.14. The highest BCUT2D eigenvalue weighted by Gasteiger charge is 2.06. The number of nitrogens with zero attached hydrogens (tertiary/aromatic N) is 1. The lowest BCUT2D eigenvalue weighted by atomic mass is 10.1. The molecule has 0 radical (unpaired) electrons. The van der Waals surface area contributed by atoms with E-state index in [4.69, 9.17) is 23.2 Å². The molecule has 2 aromatic rings. The van der Waals surface area contributed by atoms with Gasteiger partial charge in [-0.3, -0.25) is 0 Å². The molecule has 0 aliphatic carbocycles. The largest absolute Gasteiger partial charge is 0.309 e. The van der Waals surface area contributed by atoms with Crippen LogP contribution in [0, 0.1) is 0 Å². The summed E-state index contributed by atoms with van der Waals surface area (Å²) in [5.74, 6) is 0. The van der Waals surface area contributed by atoms with E-state index in [9.17, 15) is 0 Å². The molecule has 0 unspecified atom stereocenters. The van der Waals surface area contributed by atoms with Gasteiger partial charge in [0.15, 0.2) is 0 Å². The smallest absolute Gasteiger partial charge is 0.0409 e. The van der Waals surface area contributed by atoms with Crippen LogP contribution >= 0.6 is 35.0 Å². The van der Waals surface area contributed by atoms with Crippen molar-refractivity contribution in [2.24, 2.45) is 0 Å². The van der Waals surface area contributed by atoms with E-state index in [1.807, 2.05) is 30.3 Å². The Hall–Kier alpha value is -0.670. The van der Waals surface area contributed by atoms with Gasteiger partial charge < -0.3 is 4.90 Å². The van der Waals surface area contributed by atoms with Crippen molar-refractivity contribution >= 4 is 35.0 Å². The molecular weight excluding hydrogens is 321 g/mol. The van der Waals surface area contributed by atoms with Gasteiger partial charge in [-0.25, -0.2) is 0 Å². The lowest BCUT2D eigenvalue weighted by Gasteiger charge is -2.12. The van der Waals surface area contributed by atoms with Crippen molar-refractivity contribution in [3.63, 3.8) is 0 Å². The molecule has 0 amide bonds. The van der Waals surface area contributed by atoms with E-state index in [0.29, 0.717) is 0 Å². The molecule has 0 N–H and O–H groups in total. The fourth-order valence-electron chi connectivity index (χ4n) is 2.06. The second-order valence-corrected chi connectivity index (χ2v) is 7.20. The quantitative estimate of drug-likeness (QED) is 0.669. The third-order valence-electron chi connectivity index (χ3n) is 3.12. The van der Waals surface area contributed by atoms with Gasteiger partial charge in [0.2, 0.25) is 0 Å². The van der Waals surface area contributed by atoms with E-state index in [-0.39, 0.29) is 0 Å². The summed E-state index contributed by atoms with van der Waals surface area (Å²) in [6.07, 6.45) is 2.16. The number of halogens is 2. The zero-order valence-electron chi connectivity index (χ0n) is 12.3. The molecule has 2 aromatic carbocycles. The summed E-state index contributed by atoms with van der Waals surface area (Å²) in [5, 5.41) is 1.57. The number of hydrogen-bond acceptors (Lipinski definition) is 2. The van der Waals surface area contributed by atoms with Crippen LogP contribution in [0.3, 0.4) is 0 Å². The highest BCUT2D eigenvalue weighted by molar-refractivity contribution is 7.99. The minimum absolute atomic E-state index is 0.765. The van der Waals surface area contributed by atoms with Gasteiger partial charge in [-0.15, -0.1) is 0 Å². The van der Waals surface area contributed by atoms with Gasteiger partial charge in [-0.2, -0.15) is 0 Å². The maximum Gasteiger partial charge on any atom is 0.0409 e. The van der Waals surface area contributed by atoms with Crippen LogP contribution in [-0.4, -0.2) is 25.5 Å². The Morgan fingerprint density at radius 2 is 1.62 bits per heavy atom. The van der Waals surface area contributed by atoms with Crippen molar-refractivity contribution in [3.8, 4) is 0 Å². The van der Waals surface area contributed by atoms with Crippen molar-refractivity contribution in [3.05, 3.63) is 58.1 Å². The molecule has 0 saturated carbocycles. The minimum atomic E-state index is 0.765. The summed E-state index contributed by atoms with van der Waals surface area (Å²) >= 11 is 13.8. The number of benzene rings is 2.